The summed E-state index contributed by atoms with van der Waals surface area (Å²) >= 11 is 1.78. The minimum absolute atomic E-state index is 0.346. The van der Waals surface area contributed by atoms with Crippen molar-refractivity contribution in [2.24, 2.45) is 0 Å². The molecule has 0 saturated carbocycles. The summed E-state index contributed by atoms with van der Waals surface area (Å²) < 4.78 is 0. The van der Waals surface area contributed by atoms with Gasteiger partial charge in [-0.1, -0.05) is 13.3 Å². The predicted molar refractivity (Wildman–Crippen MR) is 58.0 cm³/mol. The van der Waals surface area contributed by atoms with E-state index in [-0.39, 0.29) is 0 Å². The number of likely N-dealkylation sites (tertiary alicyclic amines) is 1. The number of hydrogen-bond donors (Lipinski definition) is 0. The fraction of sp³-hybridized carbons (Fsp3) is 0.900. The molecule has 0 unspecified atom stereocenters. The maximum Gasteiger partial charge on any atom is 0.232 e. The first-order valence-electron chi connectivity index (χ1n) is 5.20. The Morgan fingerprint density at radius 2 is 2.08 bits per heavy atom. The molecule has 1 saturated heterocycles. The topological polar surface area (TPSA) is 20.3 Å². The summed E-state index contributed by atoms with van der Waals surface area (Å²) in [5.41, 5.74) is 0. The minimum atomic E-state index is 0.346. The van der Waals surface area contributed by atoms with Crippen molar-refractivity contribution in [1.82, 2.24) is 4.90 Å². The van der Waals surface area contributed by atoms with Crippen LogP contribution in [0.25, 0.3) is 0 Å². The largest absolute Gasteiger partial charge is 0.342 e. The number of hydrogen-bond acceptors (Lipinski definition) is 2. The van der Waals surface area contributed by atoms with Crippen molar-refractivity contribution in [2.45, 2.75) is 32.6 Å². The Hall–Kier alpha value is -0.180. The smallest absolute Gasteiger partial charge is 0.232 e. The highest BCUT2D eigenvalue weighted by Gasteiger charge is 2.16. The van der Waals surface area contributed by atoms with Crippen LogP contribution in [-0.4, -0.2) is 35.4 Å². The zero-order valence-corrected chi connectivity index (χ0v) is 9.24. The predicted octanol–water partition coefficient (Wildman–Crippen LogP) is 2.14. The second-order valence-corrected chi connectivity index (χ2v) is 4.60. The lowest BCUT2D eigenvalue weighted by Crippen LogP contribution is -2.29. The van der Waals surface area contributed by atoms with Crippen molar-refractivity contribution in [3.63, 3.8) is 0 Å². The first-order chi connectivity index (χ1) is 6.34. The number of unbranched alkanes of at least 4 members (excludes halogenated alkanes) is 1. The molecule has 76 valence electrons. The van der Waals surface area contributed by atoms with Crippen LogP contribution in [0.3, 0.4) is 0 Å². The number of thioether (sulfide) groups is 1. The zero-order chi connectivity index (χ0) is 9.52. The average molecular weight is 201 g/mol. The molecular formula is C10H19NOS. The molecule has 1 aliphatic rings. The van der Waals surface area contributed by atoms with Gasteiger partial charge in [0.25, 0.3) is 0 Å². The summed E-state index contributed by atoms with van der Waals surface area (Å²) in [7, 11) is 0. The molecular weight excluding hydrogens is 182 g/mol. The van der Waals surface area contributed by atoms with Crippen molar-refractivity contribution in [3.05, 3.63) is 0 Å². The lowest BCUT2D eigenvalue weighted by Gasteiger charge is -2.14. The summed E-state index contributed by atoms with van der Waals surface area (Å²) in [6.07, 6.45) is 4.86. The van der Waals surface area contributed by atoms with Crippen LogP contribution >= 0.6 is 11.8 Å². The van der Waals surface area contributed by atoms with Gasteiger partial charge < -0.3 is 4.90 Å². The molecule has 0 aromatic rings. The number of rotatable bonds is 5. The molecule has 2 nitrogen and oxygen atoms in total. The van der Waals surface area contributed by atoms with Crippen molar-refractivity contribution in [3.8, 4) is 0 Å². The highest BCUT2D eigenvalue weighted by Crippen LogP contribution is 2.11. The molecule has 3 heteroatoms. The van der Waals surface area contributed by atoms with Gasteiger partial charge in [-0.15, -0.1) is 0 Å². The molecule has 0 spiro atoms. The van der Waals surface area contributed by atoms with E-state index in [4.69, 9.17) is 0 Å². The van der Waals surface area contributed by atoms with Crippen molar-refractivity contribution in [2.75, 3.05) is 24.6 Å². The normalized spacial score (nSPS) is 16.5. The van der Waals surface area contributed by atoms with E-state index in [0.717, 1.165) is 18.8 Å². The highest BCUT2D eigenvalue weighted by atomic mass is 32.2. The summed E-state index contributed by atoms with van der Waals surface area (Å²) in [4.78, 5) is 13.5. The summed E-state index contributed by atoms with van der Waals surface area (Å²) in [6.45, 7) is 4.17. The standard InChI is InChI=1S/C10H19NOS/c1-2-3-8-13-9-10(12)11-6-4-5-7-11/h2-9H2,1H3. The Labute approximate surface area is 85.1 Å². The van der Waals surface area contributed by atoms with Crippen LogP contribution in [0.1, 0.15) is 32.6 Å². The zero-order valence-electron chi connectivity index (χ0n) is 8.42. The van der Waals surface area contributed by atoms with Crippen molar-refractivity contribution >= 4 is 17.7 Å². The molecule has 13 heavy (non-hydrogen) atoms. The molecule has 1 rings (SSSR count). The quantitative estimate of drug-likeness (QED) is 0.635. The minimum Gasteiger partial charge on any atom is -0.342 e. The number of carbonyl (C=O) groups excluding carboxylic acids is 1. The second-order valence-electron chi connectivity index (χ2n) is 3.49. The maximum atomic E-state index is 11.5. The Morgan fingerprint density at radius 1 is 1.38 bits per heavy atom. The Balaban J connectivity index is 2.03. The van der Waals surface area contributed by atoms with Gasteiger partial charge in [-0.25, -0.2) is 0 Å². The van der Waals surface area contributed by atoms with Crippen LogP contribution in [-0.2, 0) is 4.79 Å². The van der Waals surface area contributed by atoms with Gasteiger partial charge in [0, 0.05) is 13.1 Å². The van der Waals surface area contributed by atoms with E-state index in [0.29, 0.717) is 11.7 Å². The molecule has 0 aromatic heterocycles. The van der Waals surface area contributed by atoms with Gasteiger partial charge in [-0.05, 0) is 25.0 Å². The summed E-state index contributed by atoms with van der Waals surface area (Å²) in [5, 5.41) is 0. The van der Waals surface area contributed by atoms with E-state index in [9.17, 15) is 4.79 Å². The van der Waals surface area contributed by atoms with E-state index in [1.54, 1.807) is 11.8 Å². The lowest BCUT2D eigenvalue weighted by atomic mass is 10.4. The van der Waals surface area contributed by atoms with Crippen LogP contribution in [0.5, 0.6) is 0 Å². The first-order valence-corrected chi connectivity index (χ1v) is 6.35. The van der Waals surface area contributed by atoms with Crippen LogP contribution in [0, 0.1) is 0 Å². The molecule has 0 aliphatic carbocycles. The molecule has 1 heterocycles. The van der Waals surface area contributed by atoms with Gasteiger partial charge >= 0.3 is 0 Å². The van der Waals surface area contributed by atoms with Gasteiger partial charge in [0.15, 0.2) is 0 Å². The Morgan fingerprint density at radius 3 is 2.69 bits per heavy atom. The van der Waals surface area contributed by atoms with Crippen LogP contribution in [0.2, 0.25) is 0 Å². The first kappa shape index (κ1) is 10.9. The summed E-state index contributed by atoms with van der Waals surface area (Å²) in [6, 6.07) is 0. The fourth-order valence-corrected chi connectivity index (χ4v) is 2.46. The lowest BCUT2D eigenvalue weighted by molar-refractivity contribution is -0.127. The third-order valence-electron chi connectivity index (χ3n) is 2.33. The monoisotopic (exact) mass is 201 g/mol. The molecule has 0 radical (unpaired) electrons. The fourth-order valence-electron chi connectivity index (χ4n) is 1.46. The van der Waals surface area contributed by atoms with E-state index in [1.165, 1.54) is 25.7 Å². The third kappa shape index (κ3) is 4.03. The number of carbonyl (C=O) groups is 1. The number of nitrogens with zero attached hydrogens (tertiary/aromatic N) is 1. The van der Waals surface area contributed by atoms with E-state index in [1.807, 2.05) is 4.90 Å². The molecule has 0 bridgehead atoms. The Kier molecular flexibility index (Phi) is 5.28. The van der Waals surface area contributed by atoms with Crippen LogP contribution < -0.4 is 0 Å². The highest BCUT2D eigenvalue weighted by molar-refractivity contribution is 7.99. The van der Waals surface area contributed by atoms with Crippen molar-refractivity contribution < 1.29 is 4.79 Å². The van der Waals surface area contributed by atoms with Crippen LogP contribution in [0.4, 0.5) is 0 Å². The number of amides is 1. The molecule has 0 N–H and O–H groups in total. The van der Waals surface area contributed by atoms with E-state index >= 15 is 0 Å². The molecule has 0 aromatic carbocycles. The maximum absolute atomic E-state index is 11.5. The van der Waals surface area contributed by atoms with Gasteiger partial charge in [-0.2, -0.15) is 11.8 Å². The molecule has 1 amide bonds. The van der Waals surface area contributed by atoms with Gasteiger partial charge in [-0.3, -0.25) is 4.79 Å². The van der Waals surface area contributed by atoms with Gasteiger partial charge in [0.2, 0.25) is 5.91 Å². The van der Waals surface area contributed by atoms with Gasteiger partial charge in [0.05, 0.1) is 5.75 Å². The van der Waals surface area contributed by atoms with Crippen molar-refractivity contribution in [1.29, 1.82) is 0 Å². The van der Waals surface area contributed by atoms with Crippen LogP contribution in [0.15, 0.2) is 0 Å². The molecule has 1 aliphatic heterocycles. The average Bonchev–Trinajstić information content (AvgIpc) is 2.65. The Bertz CT molecular complexity index is 155. The van der Waals surface area contributed by atoms with E-state index in [2.05, 4.69) is 6.92 Å². The summed E-state index contributed by atoms with van der Waals surface area (Å²) in [5.74, 6) is 2.18. The second kappa shape index (κ2) is 6.30. The third-order valence-corrected chi connectivity index (χ3v) is 3.35. The molecule has 1 fully saturated rings. The van der Waals surface area contributed by atoms with Gasteiger partial charge in [0.1, 0.15) is 0 Å². The van der Waals surface area contributed by atoms with E-state index < -0.39 is 0 Å². The molecule has 0 atom stereocenters. The SMILES string of the molecule is CCCCSCC(=O)N1CCCC1.